The van der Waals surface area contributed by atoms with Crippen molar-refractivity contribution in [2.45, 2.75) is 19.4 Å². The maximum atomic E-state index is 13.0. The smallest absolute Gasteiger partial charge is 0.123 e. The fourth-order valence-electron chi connectivity index (χ4n) is 1.99. The van der Waals surface area contributed by atoms with Gasteiger partial charge in [-0.25, -0.2) is 8.78 Å². The Morgan fingerprint density at radius 2 is 1.74 bits per heavy atom. The van der Waals surface area contributed by atoms with Gasteiger partial charge in [0, 0.05) is 6.04 Å². The van der Waals surface area contributed by atoms with E-state index in [1.165, 1.54) is 18.2 Å². The molecule has 3 heteroatoms. The summed E-state index contributed by atoms with van der Waals surface area (Å²) in [4.78, 5) is 0. The third kappa shape index (κ3) is 4.14. The summed E-state index contributed by atoms with van der Waals surface area (Å²) in [5.41, 5.74) is 2.01. The largest absolute Gasteiger partial charge is 0.310 e. The van der Waals surface area contributed by atoms with E-state index < -0.39 is 0 Å². The quantitative estimate of drug-likeness (QED) is 0.861. The van der Waals surface area contributed by atoms with E-state index in [-0.39, 0.29) is 17.7 Å². The second-order valence-electron chi connectivity index (χ2n) is 4.61. The zero-order valence-corrected chi connectivity index (χ0v) is 10.9. The highest BCUT2D eigenvalue weighted by molar-refractivity contribution is 5.20. The molecule has 0 amide bonds. The maximum absolute atomic E-state index is 13.0. The average Bonchev–Trinajstić information content (AvgIpc) is 2.39. The van der Waals surface area contributed by atoms with Gasteiger partial charge in [-0.3, -0.25) is 0 Å². The van der Waals surface area contributed by atoms with Gasteiger partial charge in [-0.15, -0.1) is 0 Å². The summed E-state index contributed by atoms with van der Waals surface area (Å²) >= 11 is 0. The van der Waals surface area contributed by atoms with E-state index >= 15 is 0 Å². The van der Waals surface area contributed by atoms with E-state index in [9.17, 15) is 8.78 Å². The van der Waals surface area contributed by atoms with Crippen LogP contribution in [0.25, 0.3) is 0 Å². The Morgan fingerprint density at radius 1 is 1.00 bits per heavy atom. The number of rotatable bonds is 5. The number of nitrogens with one attached hydrogen (secondary N) is 1. The normalized spacial score (nSPS) is 12.4. The van der Waals surface area contributed by atoms with Crippen LogP contribution in [0.3, 0.4) is 0 Å². The third-order valence-corrected chi connectivity index (χ3v) is 3.12. The van der Waals surface area contributed by atoms with Crippen molar-refractivity contribution in [1.29, 1.82) is 0 Å². The molecule has 0 saturated heterocycles. The topological polar surface area (TPSA) is 12.0 Å². The first kappa shape index (κ1) is 13.7. The Kier molecular flexibility index (Phi) is 4.63. The molecule has 19 heavy (non-hydrogen) atoms. The first-order valence-corrected chi connectivity index (χ1v) is 6.38. The molecule has 0 spiro atoms. The standard InChI is InChI=1S/C16H17F2N/c1-12(14-5-7-15(17)8-6-14)19-10-9-13-3-2-4-16(18)11-13/h2-8,11-12,19H,9-10H2,1H3. The fourth-order valence-corrected chi connectivity index (χ4v) is 1.99. The lowest BCUT2D eigenvalue weighted by molar-refractivity contribution is 0.571. The van der Waals surface area contributed by atoms with Gasteiger partial charge in [0.05, 0.1) is 0 Å². The van der Waals surface area contributed by atoms with Crippen LogP contribution in [0.5, 0.6) is 0 Å². The molecule has 0 aliphatic rings. The van der Waals surface area contributed by atoms with Crippen LogP contribution < -0.4 is 5.32 Å². The van der Waals surface area contributed by atoms with E-state index in [1.807, 2.05) is 13.0 Å². The molecule has 1 atom stereocenters. The van der Waals surface area contributed by atoms with Gasteiger partial charge in [-0.05, 0) is 55.3 Å². The molecule has 0 aliphatic carbocycles. The Morgan fingerprint density at radius 3 is 2.42 bits per heavy atom. The van der Waals surface area contributed by atoms with Crippen molar-refractivity contribution in [2.75, 3.05) is 6.54 Å². The van der Waals surface area contributed by atoms with Gasteiger partial charge in [-0.2, -0.15) is 0 Å². The highest BCUT2D eigenvalue weighted by Crippen LogP contribution is 2.13. The minimum atomic E-state index is -0.226. The van der Waals surface area contributed by atoms with Crippen molar-refractivity contribution in [2.24, 2.45) is 0 Å². The van der Waals surface area contributed by atoms with E-state index in [4.69, 9.17) is 0 Å². The van der Waals surface area contributed by atoms with Crippen molar-refractivity contribution >= 4 is 0 Å². The molecule has 2 aromatic carbocycles. The number of benzene rings is 2. The molecule has 0 bridgehead atoms. The van der Waals surface area contributed by atoms with Gasteiger partial charge < -0.3 is 5.32 Å². The second kappa shape index (κ2) is 6.43. The lowest BCUT2D eigenvalue weighted by Crippen LogP contribution is -2.21. The molecule has 0 heterocycles. The van der Waals surface area contributed by atoms with Crippen LogP contribution in [0.4, 0.5) is 8.78 Å². The Hall–Kier alpha value is -1.74. The van der Waals surface area contributed by atoms with Crippen LogP contribution in [-0.2, 0) is 6.42 Å². The molecule has 2 rings (SSSR count). The van der Waals surface area contributed by atoms with Crippen molar-refractivity contribution < 1.29 is 8.78 Å². The first-order chi connectivity index (χ1) is 9.15. The summed E-state index contributed by atoms with van der Waals surface area (Å²) in [7, 11) is 0. The van der Waals surface area contributed by atoms with Crippen molar-refractivity contribution in [1.82, 2.24) is 5.32 Å². The van der Waals surface area contributed by atoms with Gasteiger partial charge in [0.1, 0.15) is 11.6 Å². The van der Waals surface area contributed by atoms with E-state index in [0.29, 0.717) is 0 Å². The van der Waals surface area contributed by atoms with Crippen LogP contribution >= 0.6 is 0 Å². The molecule has 0 fully saturated rings. The van der Waals surface area contributed by atoms with Crippen LogP contribution in [0, 0.1) is 11.6 Å². The third-order valence-electron chi connectivity index (χ3n) is 3.12. The molecule has 0 aromatic heterocycles. The van der Waals surface area contributed by atoms with Crippen molar-refractivity contribution in [3.05, 3.63) is 71.3 Å². The highest BCUT2D eigenvalue weighted by atomic mass is 19.1. The van der Waals surface area contributed by atoms with Gasteiger partial charge in [0.25, 0.3) is 0 Å². The predicted molar refractivity (Wildman–Crippen MR) is 72.9 cm³/mol. The Balaban J connectivity index is 1.84. The summed E-state index contributed by atoms with van der Waals surface area (Å²) in [5, 5.41) is 3.34. The van der Waals surface area contributed by atoms with Crippen LogP contribution in [-0.4, -0.2) is 6.54 Å². The lowest BCUT2D eigenvalue weighted by Gasteiger charge is -2.14. The number of hydrogen-bond donors (Lipinski definition) is 1. The summed E-state index contributed by atoms with van der Waals surface area (Å²) in [6.45, 7) is 2.78. The maximum Gasteiger partial charge on any atom is 0.123 e. The van der Waals surface area contributed by atoms with Gasteiger partial charge in [0.15, 0.2) is 0 Å². The molecule has 100 valence electrons. The molecule has 1 N–H and O–H groups in total. The summed E-state index contributed by atoms with van der Waals surface area (Å²) in [6, 6.07) is 13.2. The molecule has 0 aliphatic heterocycles. The van der Waals surface area contributed by atoms with Crippen LogP contribution in [0.2, 0.25) is 0 Å². The van der Waals surface area contributed by atoms with Gasteiger partial charge >= 0.3 is 0 Å². The van der Waals surface area contributed by atoms with Gasteiger partial charge in [-0.1, -0.05) is 24.3 Å². The molecular formula is C16H17F2N. The monoisotopic (exact) mass is 261 g/mol. The van der Waals surface area contributed by atoms with Crippen molar-refractivity contribution in [3.63, 3.8) is 0 Å². The Labute approximate surface area is 112 Å². The number of hydrogen-bond acceptors (Lipinski definition) is 1. The number of halogens is 2. The van der Waals surface area contributed by atoms with Gasteiger partial charge in [0.2, 0.25) is 0 Å². The summed E-state index contributed by atoms with van der Waals surface area (Å²) in [5.74, 6) is -0.431. The fraction of sp³-hybridized carbons (Fsp3) is 0.250. The summed E-state index contributed by atoms with van der Waals surface area (Å²) in [6.07, 6.45) is 0.767. The van der Waals surface area contributed by atoms with Crippen molar-refractivity contribution in [3.8, 4) is 0 Å². The molecule has 0 saturated carbocycles. The minimum Gasteiger partial charge on any atom is -0.310 e. The Bertz CT molecular complexity index is 523. The molecule has 1 nitrogen and oxygen atoms in total. The second-order valence-corrected chi connectivity index (χ2v) is 4.61. The highest BCUT2D eigenvalue weighted by Gasteiger charge is 2.04. The van der Waals surface area contributed by atoms with Crippen LogP contribution in [0.1, 0.15) is 24.1 Å². The SMILES string of the molecule is CC(NCCc1cccc(F)c1)c1ccc(F)cc1. The van der Waals surface area contributed by atoms with E-state index in [1.54, 1.807) is 24.3 Å². The van der Waals surface area contributed by atoms with E-state index in [0.717, 1.165) is 24.1 Å². The zero-order valence-electron chi connectivity index (χ0n) is 10.9. The molecule has 2 aromatic rings. The predicted octanol–water partition coefficient (Wildman–Crippen LogP) is 3.86. The minimum absolute atomic E-state index is 0.147. The van der Waals surface area contributed by atoms with Crippen LogP contribution in [0.15, 0.2) is 48.5 Å². The molecule has 1 unspecified atom stereocenters. The first-order valence-electron chi connectivity index (χ1n) is 6.38. The van der Waals surface area contributed by atoms with E-state index in [2.05, 4.69) is 5.32 Å². The summed E-state index contributed by atoms with van der Waals surface area (Å²) < 4.78 is 25.8. The molecular weight excluding hydrogens is 244 g/mol. The average molecular weight is 261 g/mol. The lowest BCUT2D eigenvalue weighted by atomic mass is 10.1. The zero-order chi connectivity index (χ0) is 13.7. The molecule has 0 radical (unpaired) electrons.